The molecule has 100 valence electrons. The summed E-state index contributed by atoms with van der Waals surface area (Å²) in [6.45, 7) is 4.01. The Morgan fingerprint density at radius 3 is 2.61 bits per heavy atom. The molecule has 1 aliphatic rings. The molecular formula is C12H21N5O. The van der Waals surface area contributed by atoms with E-state index >= 15 is 0 Å². The van der Waals surface area contributed by atoms with Gasteiger partial charge in [0, 0.05) is 18.0 Å². The minimum absolute atomic E-state index is 0.196. The standard InChI is InChI=1S/C12H21N5O/c1-7(2)10-15-11(17-16-10)12(18)14-9-5-3-8(13)4-6-9/h7-9H,3-6,13H2,1-2H3,(H,14,18)(H,15,16,17). The summed E-state index contributed by atoms with van der Waals surface area (Å²) in [6.07, 6.45) is 3.81. The van der Waals surface area contributed by atoms with Crippen molar-refractivity contribution in [2.75, 3.05) is 0 Å². The molecule has 0 radical (unpaired) electrons. The fourth-order valence-corrected chi connectivity index (χ4v) is 2.15. The van der Waals surface area contributed by atoms with Gasteiger partial charge in [0.1, 0.15) is 5.82 Å². The van der Waals surface area contributed by atoms with Gasteiger partial charge in [0.2, 0.25) is 5.82 Å². The molecule has 0 saturated heterocycles. The Bertz CT molecular complexity index is 406. The number of nitrogens with one attached hydrogen (secondary N) is 2. The first-order valence-corrected chi connectivity index (χ1v) is 6.55. The van der Waals surface area contributed by atoms with Crippen LogP contribution in [0.25, 0.3) is 0 Å². The highest BCUT2D eigenvalue weighted by atomic mass is 16.2. The summed E-state index contributed by atoms with van der Waals surface area (Å²) in [5.41, 5.74) is 5.83. The second-order valence-corrected chi connectivity index (χ2v) is 5.28. The van der Waals surface area contributed by atoms with Crippen molar-refractivity contribution in [2.45, 2.75) is 57.5 Å². The van der Waals surface area contributed by atoms with Crippen LogP contribution in [-0.2, 0) is 0 Å². The maximum Gasteiger partial charge on any atom is 0.291 e. The van der Waals surface area contributed by atoms with Crippen molar-refractivity contribution in [1.82, 2.24) is 20.5 Å². The molecular weight excluding hydrogens is 230 g/mol. The van der Waals surface area contributed by atoms with Crippen LogP contribution in [-0.4, -0.2) is 33.2 Å². The highest BCUT2D eigenvalue weighted by Crippen LogP contribution is 2.17. The number of carbonyl (C=O) groups is 1. The normalized spacial score (nSPS) is 24.2. The number of hydrogen-bond donors (Lipinski definition) is 3. The minimum atomic E-state index is -0.196. The van der Waals surface area contributed by atoms with Gasteiger partial charge in [-0.2, -0.15) is 0 Å². The average molecular weight is 251 g/mol. The molecule has 1 aromatic heterocycles. The van der Waals surface area contributed by atoms with Crippen LogP contribution >= 0.6 is 0 Å². The minimum Gasteiger partial charge on any atom is -0.347 e. The Kier molecular flexibility index (Phi) is 3.96. The second kappa shape index (κ2) is 5.48. The van der Waals surface area contributed by atoms with Crippen molar-refractivity contribution >= 4 is 5.91 Å². The Labute approximate surface area is 107 Å². The summed E-state index contributed by atoms with van der Waals surface area (Å²) in [5.74, 6) is 1.02. The third kappa shape index (κ3) is 3.07. The Hall–Kier alpha value is -1.43. The van der Waals surface area contributed by atoms with E-state index in [1.165, 1.54) is 0 Å². The number of aromatic amines is 1. The van der Waals surface area contributed by atoms with Gasteiger partial charge in [-0.3, -0.25) is 9.89 Å². The number of hydrogen-bond acceptors (Lipinski definition) is 4. The third-order valence-corrected chi connectivity index (χ3v) is 3.36. The lowest BCUT2D eigenvalue weighted by atomic mass is 9.92. The molecule has 1 fully saturated rings. The molecule has 0 bridgehead atoms. The largest absolute Gasteiger partial charge is 0.347 e. The van der Waals surface area contributed by atoms with Crippen LogP contribution < -0.4 is 11.1 Å². The van der Waals surface area contributed by atoms with Gasteiger partial charge in [-0.1, -0.05) is 13.8 Å². The smallest absolute Gasteiger partial charge is 0.291 e. The molecule has 0 atom stereocenters. The average Bonchev–Trinajstić information content (AvgIpc) is 2.81. The lowest BCUT2D eigenvalue weighted by molar-refractivity contribution is 0.0915. The van der Waals surface area contributed by atoms with Crippen LogP contribution in [0.2, 0.25) is 0 Å². The lowest BCUT2D eigenvalue weighted by Crippen LogP contribution is -2.40. The van der Waals surface area contributed by atoms with Crippen LogP contribution in [0.5, 0.6) is 0 Å². The van der Waals surface area contributed by atoms with E-state index < -0.39 is 0 Å². The maximum atomic E-state index is 11.9. The maximum absolute atomic E-state index is 11.9. The SMILES string of the molecule is CC(C)c1nc(C(=O)NC2CCC(N)CC2)n[nH]1. The fraction of sp³-hybridized carbons (Fsp3) is 0.750. The first-order valence-electron chi connectivity index (χ1n) is 6.55. The first kappa shape index (κ1) is 13.0. The summed E-state index contributed by atoms with van der Waals surface area (Å²) in [6, 6.07) is 0.493. The lowest BCUT2D eigenvalue weighted by Gasteiger charge is -2.26. The van der Waals surface area contributed by atoms with E-state index in [9.17, 15) is 4.79 Å². The summed E-state index contributed by atoms with van der Waals surface area (Å²) in [5, 5.41) is 9.70. The van der Waals surface area contributed by atoms with Crippen molar-refractivity contribution in [3.63, 3.8) is 0 Å². The predicted octanol–water partition coefficient (Wildman–Crippen LogP) is 0.928. The predicted molar refractivity (Wildman–Crippen MR) is 68.2 cm³/mol. The van der Waals surface area contributed by atoms with E-state index in [0.717, 1.165) is 31.5 Å². The monoisotopic (exact) mass is 251 g/mol. The van der Waals surface area contributed by atoms with Gasteiger partial charge < -0.3 is 11.1 Å². The van der Waals surface area contributed by atoms with Gasteiger partial charge in [-0.25, -0.2) is 4.98 Å². The first-order chi connectivity index (χ1) is 8.56. The van der Waals surface area contributed by atoms with E-state index in [-0.39, 0.29) is 29.7 Å². The van der Waals surface area contributed by atoms with Gasteiger partial charge in [0.05, 0.1) is 0 Å². The number of carbonyl (C=O) groups excluding carboxylic acids is 1. The van der Waals surface area contributed by atoms with Crippen LogP contribution in [0, 0.1) is 0 Å². The van der Waals surface area contributed by atoms with Gasteiger partial charge in [0.15, 0.2) is 0 Å². The Morgan fingerprint density at radius 2 is 2.06 bits per heavy atom. The zero-order valence-electron chi connectivity index (χ0n) is 10.9. The van der Waals surface area contributed by atoms with Crippen LogP contribution in [0.4, 0.5) is 0 Å². The molecule has 0 aliphatic heterocycles. The molecule has 1 aromatic rings. The molecule has 1 saturated carbocycles. The Morgan fingerprint density at radius 1 is 1.39 bits per heavy atom. The number of nitrogens with zero attached hydrogens (tertiary/aromatic N) is 2. The van der Waals surface area contributed by atoms with E-state index in [0.29, 0.717) is 0 Å². The molecule has 6 nitrogen and oxygen atoms in total. The van der Waals surface area contributed by atoms with Crippen LogP contribution in [0.15, 0.2) is 0 Å². The molecule has 6 heteroatoms. The summed E-state index contributed by atoms with van der Waals surface area (Å²) in [4.78, 5) is 16.1. The van der Waals surface area contributed by atoms with Crippen molar-refractivity contribution in [1.29, 1.82) is 0 Å². The van der Waals surface area contributed by atoms with E-state index in [4.69, 9.17) is 5.73 Å². The van der Waals surface area contributed by atoms with E-state index in [1.807, 2.05) is 13.8 Å². The molecule has 18 heavy (non-hydrogen) atoms. The molecule has 1 heterocycles. The number of aromatic nitrogens is 3. The molecule has 4 N–H and O–H groups in total. The van der Waals surface area contributed by atoms with Gasteiger partial charge in [-0.15, -0.1) is 5.10 Å². The van der Waals surface area contributed by atoms with Crippen molar-refractivity contribution in [2.24, 2.45) is 5.73 Å². The summed E-state index contributed by atoms with van der Waals surface area (Å²) >= 11 is 0. The topological polar surface area (TPSA) is 96.7 Å². The Balaban J connectivity index is 1.91. The zero-order valence-corrected chi connectivity index (χ0v) is 10.9. The fourth-order valence-electron chi connectivity index (χ4n) is 2.15. The highest BCUT2D eigenvalue weighted by molar-refractivity contribution is 5.90. The number of rotatable bonds is 3. The van der Waals surface area contributed by atoms with Crippen LogP contribution in [0.3, 0.4) is 0 Å². The molecule has 0 spiro atoms. The molecule has 1 aliphatic carbocycles. The summed E-state index contributed by atoms with van der Waals surface area (Å²) in [7, 11) is 0. The number of amides is 1. The third-order valence-electron chi connectivity index (χ3n) is 3.36. The summed E-state index contributed by atoms with van der Waals surface area (Å²) < 4.78 is 0. The number of H-pyrrole nitrogens is 1. The molecule has 2 rings (SSSR count). The zero-order chi connectivity index (χ0) is 13.1. The molecule has 0 unspecified atom stereocenters. The number of nitrogens with two attached hydrogens (primary N) is 1. The van der Waals surface area contributed by atoms with Gasteiger partial charge in [0.25, 0.3) is 5.91 Å². The molecule has 0 aromatic carbocycles. The van der Waals surface area contributed by atoms with Crippen molar-refractivity contribution < 1.29 is 4.79 Å². The van der Waals surface area contributed by atoms with Gasteiger partial charge >= 0.3 is 0 Å². The van der Waals surface area contributed by atoms with E-state index in [1.54, 1.807) is 0 Å². The van der Waals surface area contributed by atoms with Crippen LogP contribution in [0.1, 0.15) is 61.9 Å². The van der Waals surface area contributed by atoms with Crippen molar-refractivity contribution in [3.05, 3.63) is 11.6 Å². The molecule has 1 amide bonds. The van der Waals surface area contributed by atoms with Crippen molar-refractivity contribution in [3.8, 4) is 0 Å². The quantitative estimate of drug-likeness (QED) is 0.744. The highest BCUT2D eigenvalue weighted by Gasteiger charge is 2.22. The van der Waals surface area contributed by atoms with Gasteiger partial charge in [-0.05, 0) is 25.7 Å². The second-order valence-electron chi connectivity index (χ2n) is 5.28. The van der Waals surface area contributed by atoms with E-state index in [2.05, 4.69) is 20.5 Å².